The third-order valence-electron chi connectivity index (χ3n) is 0.913. The summed E-state index contributed by atoms with van der Waals surface area (Å²) in [6.07, 6.45) is 0. The van der Waals surface area contributed by atoms with Crippen molar-refractivity contribution in [1.82, 2.24) is 5.32 Å². The summed E-state index contributed by atoms with van der Waals surface area (Å²) in [4.78, 5) is 0. The number of hydrogen-bond donors (Lipinski definition) is 3. The average Bonchev–Trinajstić information content (AvgIpc) is 1.72. The van der Waals surface area contributed by atoms with Crippen LogP contribution in [-0.4, -0.2) is 31.3 Å². The molecular weight excluding hydrogens is 104 g/mol. The van der Waals surface area contributed by atoms with Gasteiger partial charge in [0.1, 0.15) is 0 Å². The number of nitrogens with one attached hydrogen (secondary N) is 1. The van der Waals surface area contributed by atoms with Crippen molar-refractivity contribution in [2.45, 2.75) is 13.5 Å². The van der Waals surface area contributed by atoms with Crippen molar-refractivity contribution in [2.24, 2.45) is 5.73 Å². The predicted molar refractivity (Wildman–Crippen MR) is 35.7 cm³/mol. The van der Waals surface area contributed by atoms with Gasteiger partial charge in [0.2, 0.25) is 0 Å². The fourth-order valence-corrected chi connectivity index (χ4v) is 0.284. The summed E-state index contributed by atoms with van der Waals surface area (Å²) in [6, 6.07) is 0.0694. The van der Waals surface area contributed by atoms with Crippen LogP contribution in [-0.2, 0) is 0 Å². The van der Waals surface area contributed by atoms with Gasteiger partial charge in [-0.15, -0.1) is 0 Å². The molecule has 0 bridgehead atoms. The molecule has 0 aliphatic heterocycles. The lowest BCUT2D eigenvalue weighted by Gasteiger charge is -2.07. The second-order valence-corrected chi connectivity index (χ2v) is 1.40. The van der Waals surface area contributed by atoms with Crippen LogP contribution < -0.4 is 11.1 Å². The van der Waals surface area contributed by atoms with E-state index in [9.17, 15) is 0 Å². The second kappa shape index (κ2) is 6.88. The van der Waals surface area contributed by atoms with E-state index in [0.717, 1.165) is 0 Å². The van der Waals surface area contributed by atoms with E-state index in [1.165, 1.54) is 0 Å². The molecule has 0 amide bonds. The van der Waals surface area contributed by atoms with Crippen molar-refractivity contribution in [1.29, 1.82) is 0 Å². The Kier molecular flexibility index (Phi) is 9.28. The van der Waals surface area contributed by atoms with Gasteiger partial charge in [-0.2, -0.15) is 0 Å². The first-order valence-electron chi connectivity index (χ1n) is 2.33. The molecule has 52 valence electrons. The highest BCUT2D eigenvalue weighted by Gasteiger charge is 1.96. The van der Waals surface area contributed by atoms with Crippen LogP contribution in [0.15, 0.2) is 0 Å². The molecular formula is C5H16N2O. The van der Waals surface area contributed by atoms with Crippen LogP contribution in [0.2, 0.25) is 0 Å². The van der Waals surface area contributed by atoms with E-state index in [1.54, 1.807) is 7.05 Å². The van der Waals surface area contributed by atoms with Crippen LogP contribution >= 0.6 is 0 Å². The Morgan fingerprint density at radius 2 is 2.25 bits per heavy atom. The number of aliphatic hydroxyl groups is 1. The van der Waals surface area contributed by atoms with Gasteiger partial charge in [0, 0.05) is 12.6 Å². The van der Waals surface area contributed by atoms with E-state index in [2.05, 4.69) is 5.32 Å². The number of aliphatic hydroxyl groups excluding tert-OH is 1. The molecule has 0 radical (unpaired) electrons. The zero-order chi connectivity index (χ0) is 5.70. The second-order valence-electron chi connectivity index (χ2n) is 1.40. The summed E-state index contributed by atoms with van der Waals surface area (Å²) in [5, 5.41) is 11.2. The number of hydrogen-bond acceptors (Lipinski definition) is 3. The monoisotopic (exact) mass is 120 g/mol. The molecule has 0 rings (SSSR count). The lowest BCUT2D eigenvalue weighted by Crippen LogP contribution is -2.36. The van der Waals surface area contributed by atoms with Gasteiger partial charge in [0.15, 0.2) is 0 Å². The molecule has 0 aromatic carbocycles. The van der Waals surface area contributed by atoms with Gasteiger partial charge >= 0.3 is 0 Å². The molecule has 8 heavy (non-hydrogen) atoms. The van der Waals surface area contributed by atoms with Crippen molar-refractivity contribution >= 4 is 0 Å². The maximum atomic E-state index is 8.38. The third-order valence-corrected chi connectivity index (χ3v) is 0.913. The first-order chi connectivity index (χ1) is 3.35. The van der Waals surface area contributed by atoms with Crippen molar-refractivity contribution in [3.63, 3.8) is 0 Å². The van der Waals surface area contributed by atoms with Gasteiger partial charge < -0.3 is 16.2 Å². The van der Waals surface area contributed by atoms with Crippen LogP contribution in [0.3, 0.4) is 0 Å². The van der Waals surface area contributed by atoms with Crippen molar-refractivity contribution in [2.75, 3.05) is 20.2 Å². The van der Waals surface area contributed by atoms with Crippen molar-refractivity contribution in [3.8, 4) is 0 Å². The zero-order valence-electron chi connectivity index (χ0n) is 4.52. The summed E-state index contributed by atoms with van der Waals surface area (Å²) in [5.74, 6) is 0. The Labute approximate surface area is 50.9 Å². The molecule has 0 saturated heterocycles. The van der Waals surface area contributed by atoms with Crippen LogP contribution in [0, 0.1) is 0 Å². The van der Waals surface area contributed by atoms with E-state index in [0.29, 0.717) is 6.54 Å². The van der Waals surface area contributed by atoms with Gasteiger partial charge in [0.05, 0.1) is 6.61 Å². The molecule has 0 unspecified atom stereocenters. The zero-order valence-corrected chi connectivity index (χ0v) is 4.52. The number of rotatable bonds is 3. The highest BCUT2D eigenvalue weighted by molar-refractivity contribution is 4.60. The highest BCUT2D eigenvalue weighted by atomic mass is 16.3. The Balaban J connectivity index is 0. The molecule has 0 fully saturated rings. The minimum Gasteiger partial charge on any atom is -0.395 e. The molecule has 0 aliphatic carbocycles. The van der Waals surface area contributed by atoms with Crippen LogP contribution in [0.4, 0.5) is 0 Å². The van der Waals surface area contributed by atoms with Gasteiger partial charge in [-0.3, -0.25) is 0 Å². The topological polar surface area (TPSA) is 58.3 Å². The third kappa shape index (κ3) is 4.05. The lowest BCUT2D eigenvalue weighted by molar-refractivity contribution is 0.252. The summed E-state index contributed by atoms with van der Waals surface area (Å²) in [6.45, 7) is 0.611. The molecule has 3 nitrogen and oxygen atoms in total. The predicted octanol–water partition coefficient (Wildman–Crippen LogP) is -0.838. The van der Waals surface area contributed by atoms with E-state index in [4.69, 9.17) is 10.8 Å². The van der Waals surface area contributed by atoms with E-state index in [-0.39, 0.29) is 20.1 Å². The highest BCUT2D eigenvalue weighted by Crippen LogP contribution is 1.70. The van der Waals surface area contributed by atoms with Crippen LogP contribution in [0.1, 0.15) is 7.43 Å². The van der Waals surface area contributed by atoms with E-state index < -0.39 is 0 Å². The summed E-state index contributed by atoms with van der Waals surface area (Å²) in [7, 11) is 1.77. The van der Waals surface area contributed by atoms with Gasteiger partial charge in [0.25, 0.3) is 0 Å². The molecule has 0 saturated carbocycles. The van der Waals surface area contributed by atoms with Gasteiger partial charge in [-0.25, -0.2) is 0 Å². The van der Waals surface area contributed by atoms with Crippen LogP contribution in [0.5, 0.6) is 0 Å². The molecule has 3 heteroatoms. The first kappa shape index (κ1) is 10.8. The molecule has 0 aromatic heterocycles. The molecule has 0 spiro atoms. The SMILES string of the molecule is C.CN[C@@H](CN)CO. The quantitative estimate of drug-likeness (QED) is 0.455. The normalized spacial score (nSPS) is 12.4. The number of nitrogens with two attached hydrogens (primary N) is 1. The Hall–Kier alpha value is -0.120. The molecule has 0 heterocycles. The Morgan fingerprint density at radius 1 is 1.75 bits per heavy atom. The molecule has 1 atom stereocenters. The lowest BCUT2D eigenvalue weighted by atomic mass is 10.3. The maximum absolute atomic E-state index is 8.38. The van der Waals surface area contributed by atoms with Gasteiger partial charge in [-0.1, -0.05) is 7.43 Å². The average molecular weight is 120 g/mol. The Morgan fingerprint density at radius 3 is 2.25 bits per heavy atom. The minimum absolute atomic E-state index is 0. The number of likely N-dealkylation sites (N-methyl/N-ethyl adjacent to an activating group) is 1. The summed E-state index contributed by atoms with van der Waals surface area (Å²) < 4.78 is 0. The standard InChI is InChI=1S/C4H12N2O.CH4/c1-6-4(2-5)3-7;/h4,6-7H,2-3,5H2,1H3;1H4/t4-;/m0./s1. The summed E-state index contributed by atoms with van der Waals surface area (Å²) >= 11 is 0. The van der Waals surface area contributed by atoms with Crippen molar-refractivity contribution in [3.05, 3.63) is 0 Å². The van der Waals surface area contributed by atoms with Crippen LogP contribution in [0.25, 0.3) is 0 Å². The van der Waals surface area contributed by atoms with E-state index >= 15 is 0 Å². The fourth-order valence-electron chi connectivity index (χ4n) is 0.284. The fraction of sp³-hybridized carbons (Fsp3) is 1.00. The largest absolute Gasteiger partial charge is 0.395 e. The first-order valence-corrected chi connectivity index (χ1v) is 2.33. The smallest absolute Gasteiger partial charge is 0.0596 e. The van der Waals surface area contributed by atoms with Gasteiger partial charge in [-0.05, 0) is 7.05 Å². The maximum Gasteiger partial charge on any atom is 0.0596 e. The van der Waals surface area contributed by atoms with Crippen molar-refractivity contribution < 1.29 is 5.11 Å². The minimum atomic E-state index is 0. The molecule has 0 aliphatic rings. The Bertz CT molecular complexity index is 31.9. The molecule has 0 aromatic rings. The molecule has 4 N–H and O–H groups in total. The summed E-state index contributed by atoms with van der Waals surface area (Å²) in [5.41, 5.74) is 5.17. The van der Waals surface area contributed by atoms with E-state index in [1.807, 2.05) is 0 Å².